The molecule has 0 aliphatic heterocycles. The molecule has 2 rings (SSSR count). The summed E-state index contributed by atoms with van der Waals surface area (Å²) in [6, 6.07) is 5.79. The normalized spacial score (nSPS) is 10.2. The second-order valence-electron chi connectivity index (χ2n) is 4.06. The van der Waals surface area contributed by atoms with Crippen molar-refractivity contribution in [1.82, 2.24) is 15.2 Å². The van der Waals surface area contributed by atoms with Crippen LogP contribution in [0.4, 0.5) is 5.82 Å². The van der Waals surface area contributed by atoms with Crippen LogP contribution in [0.1, 0.15) is 16.8 Å². The lowest BCUT2D eigenvalue weighted by molar-refractivity contribution is 0.397. The van der Waals surface area contributed by atoms with E-state index < -0.39 is 0 Å². The largest absolute Gasteiger partial charge is 0.481 e. The van der Waals surface area contributed by atoms with Crippen LogP contribution in [0, 0.1) is 13.8 Å². The Morgan fingerprint density at radius 1 is 1.22 bits per heavy atom. The molecule has 0 amide bonds. The molecule has 0 atom stereocenters. The van der Waals surface area contributed by atoms with Gasteiger partial charge in [-0.05, 0) is 31.0 Å². The molecule has 5 heteroatoms. The van der Waals surface area contributed by atoms with E-state index in [1.807, 2.05) is 32.0 Å². The topological polar surface area (TPSA) is 59.9 Å². The van der Waals surface area contributed by atoms with Gasteiger partial charge in [-0.15, -0.1) is 5.10 Å². The monoisotopic (exact) mass is 244 g/mol. The Bertz CT molecular complexity index is 525. The van der Waals surface area contributed by atoms with Gasteiger partial charge in [0.1, 0.15) is 5.82 Å². The number of nitrogens with zero attached hydrogens (tertiary/aromatic N) is 3. The number of pyridine rings is 1. The van der Waals surface area contributed by atoms with Gasteiger partial charge in [0.25, 0.3) is 0 Å². The zero-order valence-electron chi connectivity index (χ0n) is 10.8. The third-order valence-electron chi connectivity index (χ3n) is 2.71. The first-order valence-corrected chi connectivity index (χ1v) is 5.73. The fourth-order valence-electron chi connectivity index (χ4n) is 1.46. The van der Waals surface area contributed by atoms with Gasteiger partial charge in [0.15, 0.2) is 0 Å². The number of rotatable bonds is 4. The highest BCUT2D eigenvalue weighted by Gasteiger charge is 2.00. The van der Waals surface area contributed by atoms with Crippen molar-refractivity contribution in [1.29, 1.82) is 0 Å². The molecule has 94 valence electrons. The van der Waals surface area contributed by atoms with Crippen molar-refractivity contribution in [2.75, 3.05) is 12.4 Å². The lowest BCUT2D eigenvalue weighted by Crippen LogP contribution is -2.04. The minimum atomic E-state index is 0.615. The summed E-state index contributed by atoms with van der Waals surface area (Å²) in [6.07, 6.45) is 1.78. The van der Waals surface area contributed by atoms with Gasteiger partial charge in [-0.1, -0.05) is 6.07 Å². The maximum Gasteiger partial charge on any atom is 0.212 e. The Labute approximate surface area is 106 Å². The number of nitrogens with one attached hydrogen (secondary N) is 1. The molecule has 0 bridgehead atoms. The van der Waals surface area contributed by atoms with E-state index in [2.05, 4.69) is 20.5 Å². The van der Waals surface area contributed by atoms with Gasteiger partial charge >= 0.3 is 0 Å². The molecule has 5 nitrogen and oxygen atoms in total. The first-order valence-electron chi connectivity index (χ1n) is 5.73. The Morgan fingerprint density at radius 2 is 2.06 bits per heavy atom. The number of aromatic nitrogens is 3. The summed E-state index contributed by atoms with van der Waals surface area (Å²) in [5.74, 6) is 1.39. The molecular weight excluding hydrogens is 228 g/mol. The fraction of sp³-hybridized carbons (Fsp3) is 0.308. The summed E-state index contributed by atoms with van der Waals surface area (Å²) in [6.45, 7) is 4.62. The molecule has 0 aliphatic rings. The van der Waals surface area contributed by atoms with E-state index in [1.165, 1.54) is 0 Å². The van der Waals surface area contributed by atoms with Crippen molar-refractivity contribution in [2.24, 2.45) is 0 Å². The Kier molecular flexibility index (Phi) is 3.72. The smallest absolute Gasteiger partial charge is 0.212 e. The highest BCUT2D eigenvalue weighted by Crippen LogP contribution is 2.11. The molecule has 2 aromatic heterocycles. The number of aryl methyl sites for hydroxylation is 2. The third-order valence-corrected chi connectivity index (χ3v) is 2.71. The lowest BCUT2D eigenvalue weighted by atomic mass is 10.2. The van der Waals surface area contributed by atoms with Crippen LogP contribution >= 0.6 is 0 Å². The van der Waals surface area contributed by atoms with E-state index in [0.717, 1.165) is 22.6 Å². The van der Waals surface area contributed by atoms with Crippen LogP contribution < -0.4 is 10.1 Å². The van der Waals surface area contributed by atoms with Crippen LogP contribution in [0.25, 0.3) is 0 Å². The van der Waals surface area contributed by atoms with Crippen molar-refractivity contribution in [3.05, 3.63) is 41.2 Å². The minimum absolute atomic E-state index is 0.615. The van der Waals surface area contributed by atoms with Crippen LogP contribution in [-0.4, -0.2) is 22.3 Å². The third kappa shape index (κ3) is 2.94. The molecule has 0 spiro atoms. The van der Waals surface area contributed by atoms with Gasteiger partial charge in [-0.25, -0.2) is 4.98 Å². The van der Waals surface area contributed by atoms with Crippen molar-refractivity contribution in [3.8, 4) is 5.88 Å². The second-order valence-corrected chi connectivity index (χ2v) is 4.06. The number of ether oxygens (including phenoxy) is 1. The van der Waals surface area contributed by atoms with Gasteiger partial charge in [0, 0.05) is 18.8 Å². The summed E-state index contributed by atoms with van der Waals surface area (Å²) in [4.78, 5) is 4.14. The van der Waals surface area contributed by atoms with Crippen molar-refractivity contribution in [3.63, 3.8) is 0 Å². The Hall–Kier alpha value is -2.17. The summed E-state index contributed by atoms with van der Waals surface area (Å²) in [5, 5.41) is 11.4. The first kappa shape index (κ1) is 12.3. The first-order chi connectivity index (χ1) is 8.69. The Balaban J connectivity index is 1.99. The van der Waals surface area contributed by atoms with E-state index in [0.29, 0.717) is 12.4 Å². The van der Waals surface area contributed by atoms with Gasteiger partial charge < -0.3 is 10.1 Å². The summed E-state index contributed by atoms with van der Waals surface area (Å²) >= 11 is 0. The molecule has 0 fully saturated rings. The zero-order valence-corrected chi connectivity index (χ0v) is 10.8. The molecule has 18 heavy (non-hydrogen) atoms. The molecule has 2 aromatic rings. The predicted molar refractivity (Wildman–Crippen MR) is 69.6 cm³/mol. The SMILES string of the molecule is COc1ccc(CNc2cc(C)c(C)nn2)cn1. The van der Waals surface area contributed by atoms with E-state index in [1.54, 1.807) is 13.3 Å². The van der Waals surface area contributed by atoms with Crippen LogP contribution in [0.15, 0.2) is 24.4 Å². The number of methoxy groups -OCH3 is 1. The average Bonchev–Trinajstić information content (AvgIpc) is 2.41. The molecule has 0 aliphatic carbocycles. The van der Waals surface area contributed by atoms with Gasteiger partial charge in [-0.2, -0.15) is 5.10 Å². The highest BCUT2D eigenvalue weighted by atomic mass is 16.5. The van der Waals surface area contributed by atoms with Crippen molar-refractivity contribution >= 4 is 5.82 Å². The summed E-state index contributed by atoms with van der Waals surface area (Å²) in [7, 11) is 1.60. The van der Waals surface area contributed by atoms with Gasteiger partial charge in [0.05, 0.1) is 12.8 Å². The van der Waals surface area contributed by atoms with Gasteiger partial charge in [0.2, 0.25) is 5.88 Å². The van der Waals surface area contributed by atoms with Crippen molar-refractivity contribution in [2.45, 2.75) is 20.4 Å². The van der Waals surface area contributed by atoms with E-state index in [9.17, 15) is 0 Å². The molecule has 0 unspecified atom stereocenters. The minimum Gasteiger partial charge on any atom is -0.481 e. The lowest BCUT2D eigenvalue weighted by Gasteiger charge is -2.07. The quantitative estimate of drug-likeness (QED) is 0.892. The Morgan fingerprint density at radius 3 is 2.67 bits per heavy atom. The van der Waals surface area contributed by atoms with Crippen LogP contribution in [0.5, 0.6) is 5.88 Å². The average molecular weight is 244 g/mol. The van der Waals surface area contributed by atoms with E-state index >= 15 is 0 Å². The zero-order chi connectivity index (χ0) is 13.0. The standard InChI is InChI=1S/C13H16N4O/c1-9-6-12(17-16-10(9)2)14-7-11-4-5-13(18-3)15-8-11/h4-6,8H,7H2,1-3H3,(H,14,17). The number of hydrogen-bond acceptors (Lipinski definition) is 5. The predicted octanol–water partition coefficient (Wildman–Crippen LogP) is 2.11. The summed E-state index contributed by atoms with van der Waals surface area (Å²) < 4.78 is 5.01. The second kappa shape index (κ2) is 5.44. The van der Waals surface area contributed by atoms with Crippen LogP contribution in [0.3, 0.4) is 0 Å². The molecule has 0 saturated carbocycles. The van der Waals surface area contributed by atoms with Gasteiger partial charge in [-0.3, -0.25) is 0 Å². The maximum atomic E-state index is 5.01. The van der Waals surface area contributed by atoms with Crippen molar-refractivity contribution < 1.29 is 4.74 Å². The maximum absolute atomic E-state index is 5.01. The molecule has 0 saturated heterocycles. The van der Waals surface area contributed by atoms with Crippen LogP contribution in [-0.2, 0) is 6.54 Å². The molecule has 2 heterocycles. The van der Waals surface area contributed by atoms with E-state index in [4.69, 9.17) is 4.74 Å². The highest BCUT2D eigenvalue weighted by molar-refractivity contribution is 5.38. The molecule has 0 radical (unpaired) electrons. The summed E-state index contributed by atoms with van der Waals surface area (Å²) in [5.41, 5.74) is 3.14. The number of hydrogen-bond donors (Lipinski definition) is 1. The molecular formula is C13H16N4O. The number of anilines is 1. The molecule has 1 N–H and O–H groups in total. The van der Waals surface area contributed by atoms with E-state index in [-0.39, 0.29) is 0 Å². The molecule has 0 aromatic carbocycles. The fourth-order valence-corrected chi connectivity index (χ4v) is 1.46. The van der Waals surface area contributed by atoms with Crippen LogP contribution in [0.2, 0.25) is 0 Å².